The lowest BCUT2D eigenvalue weighted by Gasteiger charge is -2.38. The first kappa shape index (κ1) is 48.1. The van der Waals surface area contributed by atoms with Crippen LogP contribution in [0.4, 0.5) is 11.4 Å². The van der Waals surface area contributed by atoms with Gasteiger partial charge in [0.15, 0.2) is 0 Å². The third kappa shape index (κ3) is 8.16. The predicted octanol–water partition coefficient (Wildman–Crippen LogP) is 19.5. The molecule has 0 spiro atoms. The maximum atomic E-state index is 2.68. The monoisotopic (exact) mass is 967 g/mol. The molecule has 0 aliphatic heterocycles. The topological polar surface area (TPSA) is 6.48 Å². The van der Waals surface area contributed by atoms with Gasteiger partial charge in [0, 0.05) is 39.3 Å². The van der Waals surface area contributed by atoms with E-state index in [2.05, 4.69) is 231 Å². The van der Waals surface area contributed by atoms with Crippen LogP contribution in [0.3, 0.4) is 0 Å². The van der Waals surface area contributed by atoms with E-state index in [9.17, 15) is 0 Å². The minimum atomic E-state index is -0.0696. The number of allylic oxidation sites excluding steroid dienone is 17. The van der Waals surface area contributed by atoms with Crippen molar-refractivity contribution in [2.75, 3.05) is 4.90 Å². The van der Waals surface area contributed by atoms with Crippen LogP contribution in [-0.2, 0) is 10.8 Å². The van der Waals surface area contributed by atoms with Crippen LogP contribution in [0.25, 0.3) is 27.8 Å². The molecule has 0 bridgehead atoms. The highest BCUT2D eigenvalue weighted by Crippen LogP contribution is 2.54. The highest BCUT2D eigenvalue weighted by Gasteiger charge is 2.40. The van der Waals surface area contributed by atoms with Gasteiger partial charge in [-0.1, -0.05) is 162 Å². The zero-order valence-corrected chi connectivity index (χ0v) is 45.8. The molecule has 74 heavy (non-hydrogen) atoms. The first-order valence-corrected chi connectivity index (χ1v) is 27.8. The Morgan fingerprint density at radius 1 is 0.514 bits per heavy atom. The average molecular weight is 967 g/mol. The zero-order chi connectivity index (χ0) is 51.2. The molecule has 0 amide bonds. The lowest BCUT2D eigenvalue weighted by molar-refractivity contribution is 0.493. The van der Waals surface area contributed by atoms with E-state index in [-0.39, 0.29) is 10.8 Å². The van der Waals surface area contributed by atoms with Crippen molar-refractivity contribution in [3.8, 4) is 11.1 Å². The molecular formula is C72H74N2. The summed E-state index contributed by atoms with van der Waals surface area (Å²) in [6.45, 7) is 23.5. The summed E-state index contributed by atoms with van der Waals surface area (Å²) in [5.74, 6) is 0.558. The molecule has 2 nitrogen and oxygen atoms in total. The molecule has 0 radical (unpaired) electrons. The molecular weight excluding hydrogens is 893 g/mol. The van der Waals surface area contributed by atoms with Crippen LogP contribution in [0.1, 0.15) is 156 Å². The second kappa shape index (κ2) is 18.5. The number of benzene rings is 5. The van der Waals surface area contributed by atoms with E-state index in [1.807, 2.05) is 0 Å². The molecule has 5 aromatic carbocycles. The van der Waals surface area contributed by atoms with Gasteiger partial charge < -0.3 is 9.80 Å². The maximum absolute atomic E-state index is 2.68. The van der Waals surface area contributed by atoms with Crippen molar-refractivity contribution in [3.05, 3.63) is 252 Å². The van der Waals surface area contributed by atoms with Gasteiger partial charge in [-0.25, -0.2) is 0 Å². The van der Waals surface area contributed by atoms with Gasteiger partial charge in [0.2, 0.25) is 0 Å². The van der Waals surface area contributed by atoms with Crippen LogP contribution >= 0.6 is 0 Å². The SMILES string of the molecule is CC1=CC(C)CC(C)=C1N(C1=CCCC(c2ccc(C3=CC=C(C4=CC(N(c5ccc6c(c5)C(C)(C)c5ccccc5-6)c5c(C)cc(C)cc5C)=CCC4)CC3)cc2)=C1)C1=CC2=C(CC1)c1ccccc1C2(C)C. The van der Waals surface area contributed by atoms with Crippen LogP contribution in [0, 0.1) is 26.7 Å². The first-order chi connectivity index (χ1) is 35.6. The Balaban J connectivity index is 0.822. The van der Waals surface area contributed by atoms with Crippen molar-refractivity contribution >= 4 is 28.1 Å². The molecule has 0 fully saturated rings. The molecule has 12 rings (SSSR count). The Morgan fingerprint density at radius 2 is 1.11 bits per heavy atom. The Hall–Kier alpha value is -6.90. The Labute approximate surface area is 443 Å². The van der Waals surface area contributed by atoms with Gasteiger partial charge in [-0.05, 0) is 229 Å². The Morgan fingerprint density at radius 3 is 1.80 bits per heavy atom. The van der Waals surface area contributed by atoms with Crippen molar-refractivity contribution in [3.63, 3.8) is 0 Å². The van der Waals surface area contributed by atoms with Crippen LogP contribution in [0.5, 0.6) is 0 Å². The van der Waals surface area contributed by atoms with Gasteiger partial charge in [0.05, 0.1) is 5.69 Å². The van der Waals surface area contributed by atoms with Crippen LogP contribution in [-0.4, -0.2) is 4.90 Å². The standard InChI is InChI=1S/C72H74N2/c1-45-37-47(3)69(48(4)38-45)73(59-33-35-63-61-21-11-13-23-65(61)71(7,8)67(63)43-59)57-19-15-17-55(41-57)53-29-25-51(26-30-53)52-27-31-54(32-28-52)56-18-16-20-58(42-56)74(70-49(5)39-46(2)40-50(70)6)60-34-36-64-62-22-12-14-24-66(62)72(9,10)68(64)44-60/h11-14,19-27,29-31,34,36-37,39-45H,15-18,28,32-33,35,38H2,1-10H3. The van der Waals surface area contributed by atoms with E-state index >= 15 is 0 Å². The van der Waals surface area contributed by atoms with E-state index in [1.54, 1.807) is 5.57 Å². The summed E-state index contributed by atoms with van der Waals surface area (Å²) < 4.78 is 0. The number of hydrogen-bond donors (Lipinski definition) is 0. The van der Waals surface area contributed by atoms with E-state index in [0.717, 1.165) is 57.8 Å². The third-order valence-electron chi connectivity index (χ3n) is 17.9. The number of nitrogens with zero attached hydrogens (tertiary/aromatic N) is 2. The highest BCUT2D eigenvalue weighted by atomic mass is 15.2. The van der Waals surface area contributed by atoms with Gasteiger partial charge in [-0.2, -0.15) is 0 Å². The van der Waals surface area contributed by atoms with Gasteiger partial charge in [-0.15, -0.1) is 0 Å². The highest BCUT2D eigenvalue weighted by molar-refractivity contribution is 5.86. The lowest BCUT2D eigenvalue weighted by Crippen LogP contribution is -2.28. The van der Waals surface area contributed by atoms with E-state index < -0.39 is 0 Å². The molecule has 7 aliphatic carbocycles. The Bertz CT molecular complexity index is 3490. The summed E-state index contributed by atoms with van der Waals surface area (Å²) >= 11 is 0. The minimum Gasteiger partial charge on any atom is -0.314 e. The smallest absolute Gasteiger partial charge is 0.0520 e. The lowest BCUT2D eigenvalue weighted by atomic mass is 9.79. The molecule has 5 aromatic rings. The maximum Gasteiger partial charge on any atom is 0.0520 e. The number of rotatable bonds is 9. The normalized spacial score (nSPS) is 20.4. The summed E-state index contributed by atoms with van der Waals surface area (Å²) in [6, 6.07) is 39.6. The summed E-state index contributed by atoms with van der Waals surface area (Å²) in [6.07, 6.45) is 29.4. The van der Waals surface area contributed by atoms with E-state index in [0.29, 0.717) is 5.92 Å². The van der Waals surface area contributed by atoms with E-state index in [1.165, 1.54) is 134 Å². The molecule has 372 valence electrons. The first-order valence-electron chi connectivity index (χ1n) is 27.8. The largest absolute Gasteiger partial charge is 0.314 e. The molecule has 7 aliphatic rings. The fourth-order valence-electron chi connectivity index (χ4n) is 14.4. The number of aryl methyl sites for hydroxylation is 3. The van der Waals surface area contributed by atoms with Crippen LogP contribution < -0.4 is 4.90 Å². The van der Waals surface area contributed by atoms with Crippen molar-refractivity contribution in [2.45, 2.75) is 138 Å². The van der Waals surface area contributed by atoms with Gasteiger partial charge >= 0.3 is 0 Å². The number of hydrogen-bond acceptors (Lipinski definition) is 2. The van der Waals surface area contributed by atoms with Crippen molar-refractivity contribution in [2.24, 2.45) is 5.92 Å². The second-order valence-electron chi connectivity index (χ2n) is 23.8. The molecule has 1 atom stereocenters. The van der Waals surface area contributed by atoms with Crippen molar-refractivity contribution < 1.29 is 0 Å². The third-order valence-corrected chi connectivity index (χ3v) is 17.9. The summed E-state index contributed by atoms with van der Waals surface area (Å²) in [5.41, 5.74) is 34.7. The Kier molecular flexibility index (Phi) is 12.0. The molecule has 0 heterocycles. The molecule has 2 heteroatoms. The quantitative estimate of drug-likeness (QED) is 0.145. The molecule has 0 N–H and O–H groups in total. The second-order valence-corrected chi connectivity index (χ2v) is 23.8. The number of anilines is 2. The zero-order valence-electron chi connectivity index (χ0n) is 45.8. The predicted molar refractivity (Wildman–Crippen MR) is 315 cm³/mol. The van der Waals surface area contributed by atoms with Gasteiger partial charge in [-0.3, -0.25) is 0 Å². The average Bonchev–Trinajstić information content (AvgIpc) is 3.78. The fourth-order valence-corrected chi connectivity index (χ4v) is 14.4. The molecule has 0 aromatic heterocycles. The van der Waals surface area contributed by atoms with Gasteiger partial charge in [0.25, 0.3) is 0 Å². The molecule has 0 saturated heterocycles. The molecule has 1 unspecified atom stereocenters. The fraction of sp³-hybridized carbons (Fsp3) is 0.306. The summed E-state index contributed by atoms with van der Waals surface area (Å²) in [7, 11) is 0. The minimum absolute atomic E-state index is 0.0143. The number of fused-ring (bicyclic) bond motifs is 5. The molecule has 0 saturated carbocycles. The van der Waals surface area contributed by atoms with Crippen molar-refractivity contribution in [1.29, 1.82) is 0 Å². The van der Waals surface area contributed by atoms with Crippen molar-refractivity contribution in [1.82, 2.24) is 4.90 Å². The van der Waals surface area contributed by atoms with Crippen LogP contribution in [0.15, 0.2) is 202 Å². The van der Waals surface area contributed by atoms with E-state index in [4.69, 9.17) is 0 Å². The summed E-state index contributed by atoms with van der Waals surface area (Å²) in [5, 5.41) is 0. The summed E-state index contributed by atoms with van der Waals surface area (Å²) in [4.78, 5) is 5.24. The van der Waals surface area contributed by atoms with Crippen LogP contribution in [0.2, 0.25) is 0 Å². The van der Waals surface area contributed by atoms with Gasteiger partial charge in [0.1, 0.15) is 0 Å².